The molecule has 8 heteroatoms. The van der Waals surface area contributed by atoms with Gasteiger partial charge in [-0.1, -0.05) is 12.1 Å². The third-order valence-corrected chi connectivity index (χ3v) is 5.15. The monoisotopic (exact) mass is 421 g/mol. The van der Waals surface area contributed by atoms with E-state index in [0.29, 0.717) is 43.2 Å². The molecule has 2 aromatic heterocycles. The Morgan fingerprint density at radius 3 is 2.81 bits per heavy atom. The van der Waals surface area contributed by atoms with E-state index < -0.39 is 17.7 Å². The van der Waals surface area contributed by atoms with Crippen molar-refractivity contribution in [3.8, 4) is 5.75 Å². The first-order valence-corrected chi connectivity index (χ1v) is 10.1. The van der Waals surface area contributed by atoms with Crippen LogP contribution in [0.4, 0.5) is 0 Å². The number of ketones is 1. The summed E-state index contributed by atoms with van der Waals surface area (Å²) < 4.78 is 12.9. The van der Waals surface area contributed by atoms with Crippen molar-refractivity contribution in [1.82, 2.24) is 14.5 Å². The Balaban J connectivity index is 1.68. The number of carbonyl (C=O) groups is 2. The van der Waals surface area contributed by atoms with Crippen LogP contribution >= 0.6 is 0 Å². The van der Waals surface area contributed by atoms with Crippen LogP contribution in [-0.2, 0) is 16.1 Å². The van der Waals surface area contributed by atoms with Gasteiger partial charge in [-0.3, -0.25) is 9.59 Å². The Bertz CT molecular complexity index is 1090. The minimum atomic E-state index is -0.798. The topological polar surface area (TPSA) is 97.8 Å². The molecule has 1 aliphatic heterocycles. The number of aliphatic hydroxyl groups excluding tert-OH is 1. The summed E-state index contributed by atoms with van der Waals surface area (Å²) in [6, 6.07) is 9.39. The van der Waals surface area contributed by atoms with E-state index in [1.807, 2.05) is 17.7 Å². The van der Waals surface area contributed by atoms with Crippen molar-refractivity contribution in [1.29, 1.82) is 0 Å². The maximum absolute atomic E-state index is 12.9. The molecule has 1 amide bonds. The average Bonchev–Trinajstić information content (AvgIpc) is 3.52. The molecule has 4 rings (SSSR count). The second kappa shape index (κ2) is 8.91. The summed E-state index contributed by atoms with van der Waals surface area (Å²) in [5, 5.41) is 11.0. The highest BCUT2D eigenvalue weighted by atomic mass is 16.5. The van der Waals surface area contributed by atoms with Gasteiger partial charge >= 0.3 is 0 Å². The fourth-order valence-electron chi connectivity index (χ4n) is 3.75. The van der Waals surface area contributed by atoms with Gasteiger partial charge in [-0.05, 0) is 37.6 Å². The number of hydrogen-bond acceptors (Lipinski definition) is 6. The number of amides is 1. The minimum absolute atomic E-state index is 0.0104. The summed E-state index contributed by atoms with van der Waals surface area (Å²) >= 11 is 0. The number of likely N-dealkylation sites (tertiary alicyclic amines) is 1. The summed E-state index contributed by atoms with van der Waals surface area (Å²) in [4.78, 5) is 31.3. The number of hydrogen-bond donors (Lipinski definition) is 1. The largest absolute Gasteiger partial charge is 0.507 e. The second-order valence-electron chi connectivity index (χ2n) is 7.12. The number of imidazole rings is 1. The smallest absolute Gasteiger partial charge is 0.295 e. The molecule has 1 N–H and O–H groups in total. The summed E-state index contributed by atoms with van der Waals surface area (Å²) in [5.41, 5.74) is 0.412. The van der Waals surface area contributed by atoms with E-state index in [1.54, 1.807) is 48.9 Å². The number of aromatic nitrogens is 2. The Kier molecular flexibility index (Phi) is 5.88. The van der Waals surface area contributed by atoms with Gasteiger partial charge in [0.05, 0.1) is 24.8 Å². The number of aryl methyl sites for hydroxylation is 1. The minimum Gasteiger partial charge on any atom is -0.507 e. The molecule has 0 bridgehead atoms. The van der Waals surface area contributed by atoms with Crippen LogP contribution in [0.2, 0.25) is 0 Å². The molecule has 1 aliphatic rings. The van der Waals surface area contributed by atoms with Crippen LogP contribution in [0.25, 0.3) is 5.76 Å². The number of Topliss-reactive ketones (excluding diaryl/α,β-unsaturated/α-hetero) is 1. The normalized spacial score (nSPS) is 18.0. The maximum Gasteiger partial charge on any atom is 0.295 e. The zero-order chi connectivity index (χ0) is 21.8. The van der Waals surface area contributed by atoms with Crippen LogP contribution in [0.5, 0.6) is 5.75 Å². The highest BCUT2D eigenvalue weighted by Gasteiger charge is 2.47. The van der Waals surface area contributed by atoms with Crippen molar-refractivity contribution in [2.75, 3.05) is 13.2 Å². The molecule has 31 heavy (non-hydrogen) atoms. The Morgan fingerprint density at radius 2 is 2.10 bits per heavy atom. The molecular weight excluding hydrogens is 398 g/mol. The van der Waals surface area contributed by atoms with E-state index in [-0.39, 0.29) is 11.3 Å². The number of rotatable bonds is 8. The van der Waals surface area contributed by atoms with Gasteiger partial charge in [0.2, 0.25) is 0 Å². The van der Waals surface area contributed by atoms with E-state index in [1.165, 1.54) is 11.2 Å². The van der Waals surface area contributed by atoms with Crippen LogP contribution in [0.1, 0.15) is 30.7 Å². The lowest BCUT2D eigenvalue weighted by Crippen LogP contribution is -2.31. The molecule has 1 aromatic carbocycles. The first kappa shape index (κ1) is 20.5. The van der Waals surface area contributed by atoms with Crippen LogP contribution in [0.3, 0.4) is 0 Å². The summed E-state index contributed by atoms with van der Waals surface area (Å²) in [6.45, 7) is 3.30. The Hall–Kier alpha value is -3.81. The van der Waals surface area contributed by atoms with Gasteiger partial charge in [-0.15, -0.1) is 0 Å². The van der Waals surface area contributed by atoms with E-state index >= 15 is 0 Å². The molecule has 0 saturated carbocycles. The molecule has 3 heterocycles. The van der Waals surface area contributed by atoms with Gasteiger partial charge in [0, 0.05) is 31.0 Å². The molecule has 1 saturated heterocycles. The molecular formula is C23H23N3O5. The highest BCUT2D eigenvalue weighted by Crippen LogP contribution is 2.39. The number of furan rings is 1. The number of ether oxygens (including phenoxy) is 1. The van der Waals surface area contributed by atoms with E-state index in [0.717, 1.165) is 0 Å². The zero-order valence-electron chi connectivity index (χ0n) is 17.1. The molecule has 1 atom stereocenters. The predicted octanol–water partition coefficient (Wildman–Crippen LogP) is 3.39. The lowest BCUT2D eigenvalue weighted by Gasteiger charge is -2.23. The van der Waals surface area contributed by atoms with E-state index in [9.17, 15) is 14.7 Å². The first-order chi connectivity index (χ1) is 15.1. The molecule has 1 fully saturated rings. The molecule has 0 aliphatic carbocycles. The summed E-state index contributed by atoms with van der Waals surface area (Å²) in [5.74, 6) is -0.656. The van der Waals surface area contributed by atoms with Gasteiger partial charge in [0.25, 0.3) is 11.7 Å². The molecule has 3 aromatic rings. The molecule has 0 spiro atoms. The average molecular weight is 421 g/mol. The second-order valence-corrected chi connectivity index (χ2v) is 7.12. The Morgan fingerprint density at radius 1 is 1.23 bits per heavy atom. The fourth-order valence-corrected chi connectivity index (χ4v) is 3.75. The lowest BCUT2D eigenvalue weighted by molar-refractivity contribution is -0.140. The Labute approximate surface area is 179 Å². The van der Waals surface area contributed by atoms with Gasteiger partial charge in [-0.25, -0.2) is 4.98 Å². The molecule has 0 radical (unpaired) electrons. The molecule has 160 valence electrons. The molecule has 0 unspecified atom stereocenters. The lowest BCUT2D eigenvalue weighted by atomic mass is 9.99. The summed E-state index contributed by atoms with van der Waals surface area (Å²) in [7, 11) is 0. The first-order valence-electron chi connectivity index (χ1n) is 10.1. The third kappa shape index (κ3) is 4.09. The van der Waals surface area contributed by atoms with Crippen LogP contribution in [0, 0.1) is 0 Å². The van der Waals surface area contributed by atoms with E-state index in [2.05, 4.69) is 4.98 Å². The number of aliphatic hydroxyl groups is 1. The van der Waals surface area contributed by atoms with Gasteiger partial charge in [0.1, 0.15) is 23.3 Å². The van der Waals surface area contributed by atoms with Crippen molar-refractivity contribution in [2.45, 2.75) is 25.9 Å². The van der Waals surface area contributed by atoms with Gasteiger partial charge in [-0.2, -0.15) is 0 Å². The maximum atomic E-state index is 12.9. The number of nitrogens with zero attached hydrogens (tertiary/aromatic N) is 3. The van der Waals surface area contributed by atoms with Crippen molar-refractivity contribution >= 4 is 17.4 Å². The van der Waals surface area contributed by atoms with Crippen LogP contribution < -0.4 is 4.74 Å². The van der Waals surface area contributed by atoms with Crippen LogP contribution in [0.15, 0.2) is 71.4 Å². The highest BCUT2D eigenvalue weighted by molar-refractivity contribution is 6.46. The third-order valence-electron chi connectivity index (χ3n) is 5.15. The number of benzene rings is 1. The van der Waals surface area contributed by atoms with Crippen molar-refractivity contribution < 1.29 is 23.8 Å². The van der Waals surface area contributed by atoms with Crippen molar-refractivity contribution in [3.05, 3.63) is 78.3 Å². The quantitative estimate of drug-likeness (QED) is 0.340. The van der Waals surface area contributed by atoms with E-state index in [4.69, 9.17) is 9.15 Å². The van der Waals surface area contributed by atoms with Gasteiger partial charge < -0.3 is 23.7 Å². The summed E-state index contributed by atoms with van der Waals surface area (Å²) in [6.07, 6.45) is 7.32. The number of carbonyl (C=O) groups excluding carboxylic acids is 2. The van der Waals surface area contributed by atoms with Crippen molar-refractivity contribution in [3.63, 3.8) is 0 Å². The zero-order valence-corrected chi connectivity index (χ0v) is 17.1. The van der Waals surface area contributed by atoms with Crippen LogP contribution in [-0.4, -0.2) is 44.4 Å². The fraction of sp³-hybridized carbons (Fsp3) is 0.261. The molecule has 8 nitrogen and oxygen atoms in total. The predicted molar refractivity (Wildman–Crippen MR) is 112 cm³/mol. The van der Waals surface area contributed by atoms with Gasteiger partial charge in [0.15, 0.2) is 0 Å². The van der Waals surface area contributed by atoms with Crippen molar-refractivity contribution in [2.24, 2.45) is 0 Å². The standard InChI is InChI=1S/C23H23N3O5/c1-2-30-17-7-3-6-16(14-17)21(27)19-20(18-8-4-13-31-18)26(23(29)22(19)28)11-5-10-25-12-9-24-15-25/h3-4,6-9,12-15,20,27H,2,5,10-11H2,1H3/t20-/m0/s1. The SMILES string of the molecule is CCOc1cccc(C(O)=C2C(=O)C(=O)N(CCCn3ccnc3)[C@H]2c2ccco2)c1.